The first-order chi connectivity index (χ1) is 8.29. The maximum atomic E-state index is 12.8. The Labute approximate surface area is 102 Å². The van der Waals surface area contributed by atoms with Crippen LogP contribution in [0, 0.1) is 11.7 Å². The fourth-order valence-corrected chi connectivity index (χ4v) is 2.34. The van der Waals surface area contributed by atoms with Gasteiger partial charge in [0.1, 0.15) is 11.6 Å². The van der Waals surface area contributed by atoms with Gasteiger partial charge in [-0.25, -0.2) is 9.37 Å². The molecule has 17 heavy (non-hydrogen) atoms. The first-order valence-corrected chi connectivity index (χ1v) is 6.37. The van der Waals surface area contributed by atoms with E-state index < -0.39 is 0 Å². The summed E-state index contributed by atoms with van der Waals surface area (Å²) in [6.07, 6.45) is 3.75. The maximum absolute atomic E-state index is 12.8. The van der Waals surface area contributed by atoms with Gasteiger partial charge >= 0.3 is 0 Å². The number of nitrogens with one attached hydrogen (secondary N) is 1. The van der Waals surface area contributed by atoms with E-state index in [9.17, 15) is 4.39 Å². The molecule has 2 rings (SSSR count). The summed E-state index contributed by atoms with van der Waals surface area (Å²) in [5.74, 6) is 1.30. The van der Waals surface area contributed by atoms with Crippen molar-refractivity contribution in [2.75, 3.05) is 31.1 Å². The van der Waals surface area contributed by atoms with Crippen LogP contribution in [0.4, 0.5) is 10.2 Å². The van der Waals surface area contributed by atoms with Gasteiger partial charge in [-0.2, -0.15) is 0 Å². The second-order valence-corrected chi connectivity index (χ2v) is 4.60. The molecule has 0 saturated carbocycles. The van der Waals surface area contributed by atoms with E-state index in [4.69, 9.17) is 0 Å². The van der Waals surface area contributed by atoms with Crippen LogP contribution in [0.25, 0.3) is 0 Å². The molecule has 1 aliphatic rings. The third kappa shape index (κ3) is 3.40. The zero-order valence-electron chi connectivity index (χ0n) is 10.3. The van der Waals surface area contributed by atoms with Crippen LogP contribution in [0.15, 0.2) is 18.3 Å². The van der Waals surface area contributed by atoms with Gasteiger partial charge in [-0.1, -0.05) is 6.92 Å². The van der Waals surface area contributed by atoms with E-state index in [0.29, 0.717) is 5.92 Å². The van der Waals surface area contributed by atoms with Gasteiger partial charge in [0, 0.05) is 13.1 Å². The first kappa shape index (κ1) is 12.3. The topological polar surface area (TPSA) is 28.2 Å². The molecule has 0 aliphatic carbocycles. The third-order valence-corrected chi connectivity index (χ3v) is 3.24. The van der Waals surface area contributed by atoms with E-state index in [1.807, 2.05) is 0 Å². The van der Waals surface area contributed by atoms with Crippen molar-refractivity contribution < 1.29 is 4.39 Å². The Morgan fingerprint density at radius 2 is 2.41 bits per heavy atom. The van der Waals surface area contributed by atoms with E-state index in [1.165, 1.54) is 25.1 Å². The lowest BCUT2D eigenvalue weighted by molar-refractivity contribution is 0.394. The van der Waals surface area contributed by atoms with Crippen LogP contribution in [0.3, 0.4) is 0 Å². The number of aromatic nitrogens is 1. The Balaban J connectivity index is 1.94. The number of pyridine rings is 1. The molecule has 0 bridgehead atoms. The Bertz CT molecular complexity index is 339. The monoisotopic (exact) mass is 237 g/mol. The van der Waals surface area contributed by atoms with Gasteiger partial charge in [0.2, 0.25) is 0 Å². The average Bonchev–Trinajstić information content (AvgIpc) is 2.37. The lowest BCUT2D eigenvalue weighted by Crippen LogP contribution is -2.40. The van der Waals surface area contributed by atoms with Gasteiger partial charge in [0.05, 0.1) is 6.20 Å². The summed E-state index contributed by atoms with van der Waals surface area (Å²) in [6.45, 7) is 6.26. The van der Waals surface area contributed by atoms with Gasteiger partial charge in [-0.05, 0) is 44.0 Å². The van der Waals surface area contributed by atoms with E-state index >= 15 is 0 Å². The first-order valence-electron chi connectivity index (χ1n) is 6.37. The second kappa shape index (κ2) is 5.96. The standard InChI is InChI=1S/C13H20FN3/c1-2-15-8-11-4-3-7-17(10-11)13-6-5-12(14)9-16-13/h5-6,9,11,15H,2-4,7-8,10H2,1H3. The molecule has 94 valence electrons. The van der Waals surface area contributed by atoms with E-state index in [2.05, 4.69) is 22.1 Å². The predicted molar refractivity (Wildman–Crippen MR) is 67.7 cm³/mol. The summed E-state index contributed by atoms with van der Waals surface area (Å²) in [6, 6.07) is 3.25. The Morgan fingerprint density at radius 3 is 3.12 bits per heavy atom. The molecule has 1 aromatic rings. The number of nitrogens with zero attached hydrogens (tertiary/aromatic N) is 2. The molecule has 0 amide bonds. The van der Waals surface area contributed by atoms with Crippen molar-refractivity contribution in [2.45, 2.75) is 19.8 Å². The molecule has 1 aliphatic heterocycles. The molecular formula is C13H20FN3. The van der Waals surface area contributed by atoms with E-state index in [0.717, 1.165) is 32.0 Å². The minimum absolute atomic E-state index is 0.269. The van der Waals surface area contributed by atoms with Crippen LogP contribution in [0.5, 0.6) is 0 Å². The van der Waals surface area contributed by atoms with Crippen LogP contribution in [-0.2, 0) is 0 Å². The summed E-state index contributed by atoms with van der Waals surface area (Å²) < 4.78 is 12.8. The van der Waals surface area contributed by atoms with Crippen molar-refractivity contribution in [1.29, 1.82) is 0 Å². The van der Waals surface area contributed by atoms with Crippen LogP contribution >= 0.6 is 0 Å². The van der Waals surface area contributed by atoms with Crippen LogP contribution in [-0.4, -0.2) is 31.2 Å². The molecule has 1 atom stereocenters. The molecular weight excluding hydrogens is 217 g/mol. The molecule has 1 unspecified atom stereocenters. The van der Waals surface area contributed by atoms with Gasteiger partial charge in [0.25, 0.3) is 0 Å². The van der Waals surface area contributed by atoms with Crippen molar-refractivity contribution in [2.24, 2.45) is 5.92 Å². The zero-order valence-corrected chi connectivity index (χ0v) is 10.3. The fraction of sp³-hybridized carbons (Fsp3) is 0.615. The Morgan fingerprint density at radius 1 is 1.53 bits per heavy atom. The second-order valence-electron chi connectivity index (χ2n) is 4.60. The summed E-state index contributed by atoms with van der Waals surface area (Å²) in [7, 11) is 0. The van der Waals surface area contributed by atoms with Gasteiger partial charge in [-0.15, -0.1) is 0 Å². The molecule has 0 aromatic carbocycles. The van der Waals surface area contributed by atoms with Crippen molar-refractivity contribution in [3.05, 3.63) is 24.1 Å². The number of anilines is 1. The SMILES string of the molecule is CCNCC1CCCN(c2ccc(F)cn2)C1. The Hall–Kier alpha value is -1.16. The number of hydrogen-bond acceptors (Lipinski definition) is 3. The highest BCUT2D eigenvalue weighted by atomic mass is 19.1. The highest BCUT2D eigenvalue weighted by Gasteiger charge is 2.20. The van der Waals surface area contributed by atoms with Crippen molar-refractivity contribution in [3.8, 4) is 0 Å². The van der Waals surface area contributed by atoms with Gasteiger partial charge < -0.3 is 10.2 Å². The lowest BCUT2D eigenvalue weighted by Gasteiger charge is -2.33. The van der Waals surface area contributed by atoms with Crippen molar-refractivity contribution in [3.63, 3.8) is 0 Å². The number of piperidine rings is 1. The van der Waals surface area contributed by atoms with E-state index in [1.54, 1.807) is 6.07 Å². The highest BCUT2D eigenvalue weighted by molar-refractivity contribution is 5.38. The lowest BCUT2D eigenvalue weighted by atomic mass is 9.98. The largest absolute Gasteiger partial charge is 0.356 e. The molecule has 4 heteroatoms. The van der Waals surface area contributed by atoms with Gasteiger partial charge in [-0.3, -0.25) is 0 Å². The van der Waals surface area contributed by atoms with Crippen LogP contribution in [0.1, 0.15) is 19.8 Å². The smallest absolute Gasteiger partial charge is 0.141 e. The number of rotatable bonds is 4. The summed E-state index contributed by atoms with van der Waals surface area (Å²) in [5, 5.41) is 3.39. The van der Waals surface area contributed by atoms with Crippen molar-refractivity contribution in [1.82, 2.24) is 10.3 Å². The maximum Gasteiger partial charge on any atom is 0.141 e. The zero-order chi connectivity index (χ0) is 12.1. The molecule has 1 N–H and O–H groups in total. The molecule has 0 radical (unpaired) electrons. The third-order valence-electron chi connectivity index (χ3n) is 3.24. The minimum Gasteiger partial charge on any atom is -0.356 e. The number of halogens is 1. The summed E-state index contributed by atoms with van der Waals surface area (Å²) >= 11 is 0. The minimum atomic E-state index is -0.269. The van der Waals surface area contributed by atoms with Crippen LogP contribution < -0.4 is 10.2 Å². The fourth-order valence-electron chi connectivity index (χ4n) is 2.34. The molecule has 2 heterocycles. The van der Waals surface area contributed by atoms with Crippen LogP contribution in [0.2, 0.25) is 0 Å². The van der Waals surface area contributed by atoms with Gasteiger partial charge in [0.15, 0.2) is 0 Å². The molecule has 1 saturated heterocycles. The Kier molecular flexibility index (Phi) is 4.31. The quantitative estimate of drug-likeness (QED) is 0.868. The highest BCUT2D eigenvalue weighted by Crippen LogP contribution is 2.21. The molecule has 0 spiro atoms. The summed E-state index contributed by atoms with van der Waals surface area (Å²) in [5.41, 5.74) is 0. The predicted octanol–water partition coefficient (Wildman–Crippen LogP) is 2.05. The van der Waals surface area contributed by atoms with Crippen molar-refractivity contribution >= 4 is 5.82 Å². The number of hydrogen-bond donors (Lipinski definition) is 1. The normalized spacial score (nSPS) is 20.6. The molecule has 1 aromatic heterocycles. The van der Waals surface area contributed by atoms with E-state index in [-0.39, 0.29) is 5.82 Å². The molecule has 3 nitrogen and oxygen atoms in total. The average molecular weight is 237 g/mol. The summed E-state index contributed by atoms with van der Waals surface area (Å²) in [4.78, 5) is 6.40. The molecule has 1 fully saturated rings.